The molecule has 188 valence electrons. The third kappa shape index (κ3) is 10.2. The quantitative estimate of drug-likeness (QED) is 0.369. The van der Waals surface area contributed by atoms with Crippen molar-refractivity contribution in [3.8, 4) is 0 Å². The minimum atomic E-state index is -4.56. The van der Waals surface area contributed by atoms with E-state index in [1.807, 2.05) is 20.9 Å². The van der Waals surface area contributed by atoms with E-state index in [0.29, 0.717) is 39.5 Å². The predicted molar refractivity (Wildman–Crippen MR) is 116 cm³/mol. The second-order valence-electron chi connectivity index (χ2n) is 6.86. The Hall–Kier alpha value is -1.12. The number of nitrogens with one attached hydrogen (secondary N) is 1. The molecule has 0 aromatic carbocycles. The lowest BCUT2D eigenvalue weighted by molar-refractivity contribution is -0.145. The summed E-state index contributed by atoms with van der Waals surface area (Å²) < 4.78 is 68.7. The molecule has 1 aromatic heterocycles. The van der Waals surface area contributed by atoms with Crippen LogP contribution >= 0.6 is 0 Å². The largest absolute Gasteiger partial charge is 0.434 e. The fourth-order valence-electron chi connectivity index (χ4n) is 2.86. The number of halogens is 3. The maximum atomic E-state index is 13.5. The maximum Gasteiger partial charge on any atom is 0.434 e. The van der Waals surface area contributed by atoms with Crippen molar-refractivity contribution < 1.29 is 31.6 Å². The van der Waals surface area contributed by atoms with Crippen molar-refractivity contribution in [2.75, 3.05) is 72.6 Å². The zero-order chi connectivity index (χ0) is 24.0. The van der Waals surface area contributed by atoms with Gasteiger partial charge < -0.3 is 19.5 Å². The van der Waals surface area contributed by atoms with Crippen LogP contribution in [-0.4, -0.2) is 102 Å². The molecule has 32 heavy (non-hydrogen) atoms. The van der Waals surface area contributed by atoms with Gasteiger partial charge in [0, 0.05) is 43.2 Å². The van der Waals surface area contributed by atoms with E-state index < -0.39 is 22.7 Å². The van der Waals surface area contributed by atoms with Gasteiger partial charge in [-0.1, -0.05) is 19.1 Å². The third-order valence-corrected chi connectivity index (χ3v) is 5.76. The summed E-state index contributed by atoms with van der Waals surface area (Å²) in [5, 5.41) is 10.3. The molecule has 0 amide bonds. The van der Waals surface area contributed by atoms with Gasteiger partial charge in [-0.25, -0.2) is 4.68 Å². The highest BCUT2D eigenvalue weighted by molar-refractivity contribution is 7.85. The Morgan fingerprint density at radius 3 is 2.16 bits per heavy atom. The van der Waals surface area contributed by atoms with E-state index in [2.05, 4.69) is 15.6 Å². The fourth-order valence-corrected chi connectivity index (χ4v) is 3.70. The first-order chi connectivity index (χ1) is 15.3. The zero-order valence-corrected chi connectivity index (χ0v) is 20.1. The Balaban J connectivity index is 0.00000249. The van der Waals surface area contributed by atoms with Crippen LogP contribution in [0.15, 0.2) is 0 Å². The molecule has 0 spiro atoms. The summed E-state index contributed by atoms with van der Waals surface area (Å²) in [7, 11) is 0.868. The highest BCUT2D eigenvalue weighted by Crippen LogP contribution is 2.32. The molecule has 1 aromatic rings. The summed E-state index contributed by atoms with van der Waals surface area (Å²) in [5.74, 6) is 0. The highest BCUT2D eigenvalue weighted by Gasteiger charge is 2.40. The van der Waals surface area contributed by atoms with Gasteiger partial charge in [-0.15, -0.1) is 5.10 Å². The molecule has 2 heterocycles. The monoisotopic (exact) mass is 487 g/mol. The van der Waals surface area contributed by atoms with Gasteiger partial charge in [-0.3, -0.25) is 9.11 Å². The molecule has 9 nitrogen and oxygen atoms in total. The van der Waals surface area contributed by atoms with E-state index in [1.165, 1.54) is 0 Å². The smallest absolute Gasteiger partial charge is 0.378 e. The molecule has 0 saturated carbocycles. The van der Waals surface area contributed by atoms with Crippen LogP contribution in [0.4, 0.5) is 13.2 Å². The molecule has 1 unspecified atom stereocenters. The number of nitrogens with zero attached hydrogens (tertiary/aromatic N) is 4. The molecule has 1 saturated heterocycles. The molecule has 13 heteroatoms. The van der Waals surface area contributed by atoms with Gasteiger partial charge in [0.1, 0.15) is 5.69 Å². The van der Waals surface area contributed by atoms with E-state index in [4.69, 9.17) is 14.2 Å². The lowest BCUT2D eigenvalue weighted by atomic mass is 10.2. The first-order valence-electron chi connectivity index (χ1n) is 10.7. The summed E-state index contributed by atoms with van der Waals surface area (Å²) in [6.45, 7) is 7.92. The minimum Gasteiger partial charge on any atom is -0.378 e. The summed E-state index contributed by atoms with van der Waals surface area (Å²) in [6.07, 6.45) is -2.96. The molecular weight excluding hydrogens is 451 g/mol. The van der Waals surface area contributed by atoms with Crippen LogP contribution in [0, 0.1) is 0 Å². The van der Waals surface area contributed by atoms with Crippen LogP contribution in [0.5, 0.6) is 0 Å². The number of alkyl halides is 3. The average Bonchev–Trinajstić information content (AvgIpc) is 3.13. The third-order valence-electron chi connectivity index (χ3n) is 4.53. The number of rotatable bonds is 15. The number of ether oxygens (including phenoxy) is 3. The number of likely N-dealkylation sites (tertiary alicyclic amines) is 1. The van der Waals surface area contributed by atoms with Gasteiger partial charge in [0.15, 0.2) is 5.69 Å². The van der Waals surface area contributed by atoms with Gasteiger partial charge >= 0.3 is 6.18 Å². The van der Waals surface area contributed by atoms with Gasteiger partial charge in [0.05, 0.1) is 51.4 Å². The number of likely N-dealkylation sites (N-methyl/N-ethyl adjacent to an activating group) is 1. The SMILES string of the molecule is CC.CNCCOCCOCCOCCn1nnc(CN2CC(S(C)=O)C2)c1C(F)(F)F. The summed E-state index contributed by atoms with van der Waals surface area (Å²) in [5.41, 5.74) is -0.980. The standard InChI is InChI=1S/C17H30F3N5O4S.C2H6/c1-21-3-5-27-7-9-29-10-8-28-6-4-25-16(17(18,19)20)15(22-23-25)13-24-11-14(12-24)30(2)26;1-2/h14,21H,3-13H2,1-2H3;1-2H3. The van der Waals surface area contributed by atoms with E-state index in [1.54, 1.807) is 11.2 Å². The van der Waals surface area contributed by atoms with Crippen LogP contribution in [-0.2, 0) is 44.3 Å². The summed E-state index contributed by atoms with van der Waals surface area (Å²) in [6, 6.07) is 0. The van der Waals surface area contributed by atoms with Crippen LogP contribution in [0.3, 0.4) is 0 Å². The Labute approximate surface area is 190 Å². The normalized spacial score (nSPS) is 15.8. The van der Waals surface area contributed by atoms with Crippen molar-refractivity contribution in [2.24, 2.45) is 0 Å². The van der Waals surface area contributed by atoms with E-state index >= 15 is 0 Å². The van der Waals surface area contributed by atoms with Gasteiger partial charge in [-0.2, -0.15) is 13.2 Å². The minimum absolute atomic E-state index is 0.00455. The van der Waals surface area contributed by atoms with E-state index in [0.717, 1.165) is 11.2 Å². The Morgan fingerprint density at radius 2 is 1.62 bits per heavy atom. The van der Waals surface area contributed by atoms with Crippen molar-refractivity contribution in [3.63, 3.8) is 0 Å². The molecular formula is C19H36F3N5O4S. The summed E-state index contributed by atoms with van der Waals surface area (Å²) >= 11 is 0. The van der Waals surface area contributed by atoms with Crippen LogP contribution in [0.25, 0.3) is 0 Å². The van der Waals surface area contributed by atoms with Crippen LogP contribution < -0.4 is 5.32 Å². The van der Waals surface area contributed by atoms with Crippen molar-refractivity contribution in [2.45, 2.75) is 38.4 Å². The molecule has 1 atom stereocenters. The number of aromatic nitrogens is 3. The molecule has 0 radical (unpaired) electrons. The van der Waals surface area contributed by atoms with Crippen molar-refractivity contribution in [1.29, 1.82) is 0 Å². The molecule has 1 N–H and O–H groups in total. The second-order valence-corrected chi connectivity index (χ2v) is 8.52. The van der Waals surface area contributed by atoms with Crippen molar-refractivity contribution in [3.05, 3.63) is 11.4 Å². The second kappa shape index (κ2) is 15.7. The van der Waals surface area contributed by atoms with Gasteiger partial charge in [-0.05, 0) is 7.05 Å². The van der Waals surface area contributed by atoms with Crippen LogP contribution in [0.1, 0.15) is 25.2 Å². The van der Waals surface area contributed by atoms with Crippen LogP contribution in [0.2, 0.25) is 0 Å². The maximum absolute atomic E-state index is 13.5. The first kappa shape index (κ1) is 28.9. The Kier molecular flexibility index (Phi) is 14.2. The fraction of sp³-hybridized carbons (Fsp3) is 0.895. The summed E-state index contributed by atoms with van der Waals surface area (Å²) in [4.78, 5) is 1.78. The lowest BCUT2D eigenvalue weighted by Gasteiger charge is -2.37. The highest BCUT2D eigenvalue weighted by atomic mass is 32.2. The van der Waals surface area contributed by atoms with Gasteiger partial charge in [0.2, 0.25) is 0 Å². The lowest BCUT2D eigenvalue weighted by Crippen LogP contribution is -2.52. The zero-order valence-electron chi connectivity index (χ0n) is 19.3. The Bertz CT molecular complexity index is 657. The molecule has 0 aliphatic carbocycles. The molecule has 1 aliphatic rings. The van der Waals surface area contributed by atoms with Crippen molar-refractivity contribution in [1.82, 2.24) is 25.2 Å². The molecule has 0 bridgehead atoms. The Morgan fingerprint density at radius 1 is 1.06 bits per heavy atom. The molecule has 2 rings (SSSR count). The number of hydrogen-bond donors (Lipinski definition) is 1. The topological polar surface area (TPSA) is 90.7 Å². The number of hydrogen-bond acceptors (Lipinski definition) is 8. The molecule has 1 aliphatic heterocycles. The first-order valence-corrected chi connectivity index (χ1v) is 12.4. The van der Waals surface area contributed by atoms with Crippen molar-refractivity contribution >= 4 is 10.8 Å². The van der Waals surface area contributed by atoms with E-state index in [-0.39, 0.29) is 37.2 Å². The predicted octanol–water partition coefficient (Wildman–Crippen LogP) is 1.16. The molecule has 1 fully saturated rings. The van der Waals surface area contributed by atoms with E-state index in [9.17, 15) is 17.4 Å². The van der Waals surface area contributed by atoms with Gasteiger partial charge in [0.25, 0.3) is 0 Å². The average molecular weight is 488 g/mol.